The zero-order valence-corrected chi connectivity index (χ0v) is 14.1. The number of likely N-dealkylation sites (tertiary alicyclic amines) is 1. The molecule has 4 heterocycles. The van der Waals surface area contributed by atoms with Gasteiger partial charge in [-0.2, -0.15) is 15.5 Å². The number of carboxylic acid groups (broad SMARTS) is 1. The molecule has 1 fully saturated rings. The average Bonchev–Trinajstić information content (AvgIpc) is 3.15. The van der Waals surface area contributed by atoms with Crippen LogP contribution < -0.4 is 0 Å². The second kappa shape index (κ2) is 6.69. The van der Waals surface area contributed by atoms with Crippen molar-refractivity contribution in [2.24, 2.45) is 5.92 Å². The quantitative estimate of drug-likeness (QED) is 0.740. The molecule has 0 amide bonds. The second-order valence-electron chi connectivity index (χ2n) is 6.58. The fraction of sp³-hybridized carbons (Fsp3) is 0.389. The van der Waals surface area contributed by atoms with Gasteiger partial charge in [0.05, 0.1) is 36.3 Å². The average molecular weight is 350 g/mol. The number of nitriles is 1. The van der Waals surface area contributed by atoms with Gasteiger partial charge in [-0.3, -0.25) is 9.69 Å². The van der Waals surface area contributed by atoms with E-state index in [0.29, 0.717) is 25.9 Å². The van der Waals surface area contributed by atoms with Gasteiger partial charge >= 0.3 is 5.97 Å². The third-order valence-electron chi connectivity index (χ3n) is 5.15. The van der Waals surface area contributed by atoms with E-state index >= 15 is 0 Å². The second-order valence-corrected chi connectivity index (χ2v) is 6.58. The molecule has 4 rings (SSSR count). The summed E-state index contributed by atoms with van der Waals surface area (Å²) >= 11 is 0. The lowest BCUT2D eigenvalue weighted by Crippen LogP contribution is -2.39. The first-order chi connectivity index (χ1) is 12.7. The predicted octanol–water partition coefficient (Wildman–Crippen LogP) is 2.26. The van der Waals surface area contributed by atoms with E-state index in [2.05, 4.69) is 31.1 Å². The van der Waals surface area contributed by atoms with Gasteiger partial charge in [-0.05, 0) is 32.0 Å². The number of nitrogens with one attached hydrogen (secondary N) is 1. The summed E-state index contributed by atoms with van der Waals surface area (Å²) in [6, 6.07) is 3.99. The number of rotatable bonds is 4. The van der Waals surface area contributed by atoms with E-state index in [0.717, 1.165) is 27.5 Å². The van der Waals surface area contributed by atoms with Gasteiger partial charge in [-0.1, -0.05) is 0 Å². The van der Waals surface area contributed by atoms with Crippen molar-refractivity contribution < 1.29 is 9.90 Å². The summed E-state index contributed by atoms with van der Waals surface area (Å²) in [4.78, 5) is 20.9. The van der Waals surface area contributed by atoms with E-state index in [1.165, 1.54) is 0 Å². The molecule has 0 spiro atoms. The molecule has 3 aromatic heterocycles. The van der Waals surface area contributed by atoms with Gasteiger partial charge in [0.2, 0.25) is 0 Å². The number of aromatic nitrogens is 4. The van der Waals surface area contributed by atoms with E-state index in [-0.39, 0.29) is 18.4 Å². The Morgan fingerprint density at radius 2 is 2.23 bits per heavy atom. The number of aromatic amines is 1. The smallest absolute Gasteiger partial charge is 0.306 e. The van der Waals surface area contributed by atoms with Crippen molar-refractivity contribution in [3.63, 3.8) is 0 Å². The van der Waals surface area contributed by atoms with E-state index in [9.17, 15) is 15.2 Å². The standard InChI is InChI=1S/C18H18N6O2/c19-5-1-14(24-7-3-11(4-8-24)18(25)26)16-15-12(10-22-23-16)9-21-17-13(15)2-6-20-17/h2,6,9-11,14H,1,3-4,7-8H2,(H,20,21)(H,25,26). The maximum Gasteiger partial charge on any atom is 0.306 e. The van der Waals surface area contributed by atoms with Crippen LogP contribution in [0.1, 0.15) is 31.0 Å². The summed E-state index contributed by atoms with van der Waals surface area (Å²) < 4.78 is 0. The molecule has 0 radical (unpaired) electrons. The van der Waals surface area contributed by atoms with Gasteiger partial charge in [0.1, 0.15) is 5.65 Å². The molecule has 8 heteroatoms. The molecular formula is C18H18N6O2. The fourth-order valence-electron chi connectivity index (χ4n) is 3.79. The lowest BCUT2D eigenvalue weighted by molar-refractivity contribution is -0.143. The Hall–Kier alpha value is -3.05. The molecule has 8 nitrogen and oxygen atoms in total. The Labute approximate surface area is 149 Å². The molecule has 0 aromatic carbocycles. The van der Waals surface area contributed by atoms with Crippen molar-refractivity contribution in [1.82, 2.24) is 25.1 Å². The number of aliphatic carboxylic acids is 1. The Bertz CT molecular complexity index is 1000. The first-order valence-electron chi connectivity index (χ1n) is 8.60. The minimum Gasteiger partial charge on any atom is -0.481 e. The number of nitrogens with zero attached hydrogens (tertiary/aromatic N) is 5. The Morgan fingerprint density at radius 3 is 2.96 bits per heavy atom. The molecule has 1 saturated heterocycles. The van der Waals surface area contributed by atoms with Crippen molar-refractivity contribution in [1.29, 1.82) is 5.26 Å². The van der Waals surface area contributed by atoms with Crippen LogP contribution in [0.2, 0.25) is 0 Å². The Morgan fingerprint density at radius 1 is 1.42 bits per heavy atom. The summed E-state index contributed by atoms with van der Waals surface area (Å²) in [5.74, 6) is -1.06. The van der Waals surface area contributed by atoms with E-state index in [1.54, 1.807) is 12.4 Å². The fourth-order valence-corrected chi connectivity index (χ4v) is 3.79. The normalized spacial score (nSPS) is 17.3. The van der Waals surface area contributed by atoms with Crippen molar-refractivity contribution >= 4 is 27.8 Å². The van der Waals surface area contributed by atoms with E-state index in [4.69, 9.17) is 0 Å². The van der Waals surface area contributed by atoms with Gasteiger partial charge in [-0.15, -0.1) is 0 Å². The topological polar surface area (TPSA) is 119 Å². The zero-order chi connectivity index (χ0) is 18.1. The number of pyridine rings is 1. The summed E-state index contributed by atoms with van der Waals surface area (Å²) in [6.07, 6.45) is 6.71. The maximum absolute atomic E-state index is 11.2. The predicted molar refractivity (Wildman–Crippen MR) is 94.1 cm³/mol. The highest BCUT2D eigenvalue weighted by Crippen LogP contribution is 2.34. The highest BCUT2D eigenvalue weighted by molar-refractivity contribution is 6.05. The van der Waals surface area contributed by atoms with Crippen LogP contribution in [0.15, 0.2) is 24.7 Å². The van der Waals surface area contributed by atoms with Crippen molar-refractivity contribution in [3.8, 4) is 6.07 Å². The maximum atomic E-state index is 11.2. The molecule has 2 N–H and O–H groups in total. The van der Waals surface area contributed by atoms with Gasteiger partial charge < -0.3 is 10.1 Å². The van der Waals surface area contributed by atoms with E-state index in [1.807, 2.05) is 12.3 Å². The van der Waals surface area contributed by atoms with Crippen LogP contribution in [0.3, 0.4) is 0 Å². The number of carboxylic acids is 1. The number of carbonyl (C=O) groups is 1. The molecule has 1 unspecified atom stereocenters. The summed E-state index contributed by atoms with van der Waals surface area (Å²) in [7, 11) is 0. The van der Waals surface area contributed by atoms with E-state index < -0.39 is 5.97 Å². The third-order valence-corrected chi connectivity index (χ3v) is 5.15. The molecule has 0 aliphatic carbocycles. The Kier molecular flexibility index (Phi) is 4.22. The summed E-state index contributed by atoms with van der Waals surface area (Å²) in [5.41, 5.74) is 1.52. The minimum absolute atomic E-state index is 0.216. The first kappa shape index (κ1) is 16.4. The van der Waals surface area contributed by atoms with Crippen LogP contribution in [-0.2, 0) is 4.79 Å². The SMILES string of the molecule is N#CCC(c1nncc2cnc3[nH]ccc3c12)N1CCC(C(=O)O)CC1. The molecule has 1 aliphatic rings. The zero-order valence-electron chi connectivity index (χ0n) is 14.1. The first-order valence-corrected chi connectivity index (χ1v) is 8.60. The van der Waals surface area contributed by atoms with Crippen LogP contribution in [0.4, 0.5) is 0 Å². The summed E-state index contributed by atoms with van der Waals surface area (Å²) in [5, 5.41) is 29.9. The van der Waals surface area contributed by atoms with Crippen LogP contribution in [0.5, 0.6) is 0 Å². The Balaban J connectivity index is 1.77. The minimum atomic E-state index is -0.744. The molecule has 1 atom stereocenters. The lowest BCUT2D eigenvalue weighted by atomic mass is 9.93. The molecule has 132 valence electrons. The molecule has 26 heavy (non-hydrogen) atoms. The summed E-state index contributed by atoms with van der Waals surface area (Å²) in [6.45, 7) is 1.26. The largest absolute Gasteiger partial charge is 0.481 e. The van der Waals surface area contributed by atoms with Crippen molar-refractivity contribution in [3.05, 3.63) is 30.4 Å². The van der Waals surface area contributed by atoms with Gasteiger partial charge in [0.15, 0.2) is 0 Å². The van der Waals surface area contributed by atoms with Crippen molar-refractivity contribution in [2.45, 2.75) is 25.3 Å². The van der Waals surface area contributed by atoms with Crippen LogP contribution in [0.25, 0.3) is 21.8 Å². The molecule has 1 aliphatic heterocycles. The monoisotopic (exact) mass is 350 g/mol. The molecule has 3 aromatic rings. The number of piperidine rings is 1. The van der Waals surface area contributed by atoms with Crippen LogP contribution in [0, 0.1) is 17.2 Å². The number of fused-ring (bicyclic) bond motifs is 3. The van der Waals surface area contributed by atoms with Gasteiger partial charge in [0, 0.05) is 28.6 Å². The number of H-pyrrole nitrogens is 1. The molecule has 0 saturated carbocycles. The van der Waals surface area contributed by atoms with Gasteiger partial charge in [-0.25, -0.2) is 4.98 Å². The highest BCUT2D eigenvalue weighted by atomic mass is 16.4. The highest BCUT2D eigenvalue weighted by Gasteiger charge is 2.31. The third kappa shape index (κ3) is 2.76. The van der Waals surface area contributed by atoms with Crippen LogP contribution >= 0.6 is 0 Å². The number of hydrogen-bond acceptors (Lipinski definition) is 6. The lowest BCUT2D eigenvalue weighted by Gasteiger charge is -2.35. The number of hydrogen-bond donors (Lipinski definition) is 2. The molecule has 0 bridgehead atoms. The van der Waals surface area contributed by atoms with Crippen LogP contribution in [-0.4, -0.2) is 49.2 Å². The van der Waals surface area contributed by atoms with Crippen molar-refractivity contribution in [2.75, 3.05) is 13.1 Å². The van der Waals surface area contributed by atoms with Gasteiger partial charge in [0.25, 0.3) is 0 Å². The molecular weight excluding hydrogens is 332 g/mol.